The summed E-state index contributed by atoms with van der Waals surface area (Å²) >= 11 is 0. The first-order chi connectivity index (χ1) is 9.75. The van der Waals surface area contributed by atoms with E-state index in [-0.39, 0.29) is 17.4 Å². The molecule has 2 heterocycles. The van der Waals surface area contributed by atoms with Gasteiger partial charge in [0.1, 0.15) is 12.1 Å². The van der Waals surface area contributed by atoms with Gasteiger partial charge in [-0.25, -0.2) is 14.6 Å². The Morgan fingerprint density at radius 3 is 2.52 bits per heavy atom. The van der Waals surface area contributed by atoms with Crippen molar-refractivity contribution in [2.45, 2.75) is 47.0 Å². The number of anilines is 1. The van der Waals surface area contributed by atoms with E-state index in [1.165, 1.54) is 6.33 Å². The number of aromatic nitrogens is 4. The van der Waals surface area contributed by atoms with Crippen LogP contribution in [-0.4, -0.2) is 32.9 Å². The highest BCUT2D eigenvalue weighted by atomic mass is 16.1. The number of nitrogens with one attached hydrogen (secondary N) is 1. The molecule has 6 nitrogen and oxygen atoms in total. The summed E-state index contributed by atoms with van der Waals surface area (Å²) in [6.07, 6.45) is 1.47. The molecule has 0 bridgehead atoms. The lowest BCUT2D eigenvalue weighted by molar-refractivity contribution is -0.118. The van der Waals surface area contributed by atoms with E-state index in [1.54, 1.807) is 0 Å². The quantitative estimate of drug-likeness (QED) is 0.863. The summed E-state index contributed by atoms with van der Waals surface area (Å²) in [7, 11) is 0.761. The Hall–Kier alpha value is -1.92. The maximum atomic E-state index is 12.0. The Labute approximate surface area is 125 Å². The van der Waals surface area contributed by atoms with E-state index in [0.29, 0.717) is 5.82 Å². The molecule has 0 aliphatic rings. The molecule has 0 spiro atoms. The molecule has 1 N–H and O–H groups in total. The van der Waals surface area contributed by atoms with Gasteiger partial charge in [0.2, 0.25) is 5.91 Å². The minimum absolute atomic E-state index is 0.0550. The topological polar surface area (TPSA) is 72.7 Å². The van der Waals surface area contributed by atoms with Crippen LogP contribution in [0.3, 0.4) is 0 Å². The number of fused-ring (bicyclic) bond motifs is 1. The summed E-state index contributed by atoms with van der Waals surface area (Å²) in [6, 6.07) is 0. The van der Waals surface area contributed by atoms with Gasteiger partial charge < -0.3 is 5.32 Å². The zero-order chi connectivity index (χ0) is 15.8. The molecule has 0 fully saturated rings. The van der Waals surface area contributed by atoms with E-state index in [0.717, 1.165) is 23.9 Å². The zero-order valence-electron chi connectivity index (χ0n) is 13.6. The lowest BCUT2D eigenvalue weighted by Gasteiger charge is -2.19. The third kappa shape index (κ3) is 2.91. The Bertz CT molecular complexity index is 672. The first-order valence-corrected chi connectivity index (χ1v) is 7.29. The molecule has 2 aromatic rings. The Kier molecular flexibility index (Phi) is 4.03. The van der Waals surface area contributed by atoms with Crippen LogP contribution in [0, 0.1) is 5.92 Å². The second-order valence-corrected chi connectivity index (χ2v) is 6.45. The fourth-order valence-corrected chi connectivity index (χ4v) is 2.09. The van der Waals surface area contributed by atoms with Crippen molar-refractivity contribution in [1.29, 1.82) is 0 Å². The first kappa shape index (κ1) is 15.5. The molecule has 21 heavy (non-hydrogen) atoms. The first-order valence-electron chi connectivity index (χ1n) is 7.29. The lowest BCUT2D eigenvalue weighted by Crippen LogP contribution is -2.26. The van der Waals surface area contributed by atoms with Crippen molar-refractivity contribution in [3.05, 3.63) is 6.33 Å². The minimum atomic E-state index is -0.181. The largest absolute Gasteiger partial charge is 0.310 e. The van der Waals surface area contributed by atoms with Crippen molar-refractivity contribution < 1.29 is 4.79 Å². The molecule has 0 radical (unpaired) electrons. The van der Waals surface area contributed by atoms with Gasteiger partial charge in [0, 0.05) is 11.5 Å². The summed E-state index contributed by atoms with van der Waals surface area (Å²) in [4.78, 5) is 20.6. The highest BCUT2D eigenvalue weighted by Gasteiger charge is 2.23. The van der Waals surface area contributed by atoms with Gasteiger partial charge in [0.05, 0.1) is 10.9 Å². The van der Waals surface area contributed by atoms with Gasteiger partial charge in [-0.15, -0.1) is 0 Å². The molecule has 112 valence electrons. The monoisotopic (exact) mass is 287 g/mol. The third-order valence-corrected chi connectivity index (χ3v) is 3.27. The Morgan fingerprint density at radius 1 is 1.33 bits per heavy atom. The molecule has 2 aromatic heterocycles. The Morgan fingerprint density at radius 2 is 2.00 bits per heavy atom. The molecule has 0 aliphatic carbocycles. The predicted molar refractivity (Wildman–Crippen MR) is 86.4 cm³/mol. The summed E-state index contributed by atoms with van der Waals surface area (Å²) in [5, 5.41) is 8.37. The number of amides is 1. The number of nitrogens with zero attached hydrogens (tertiary/aromatic N) is 4. The number of carbonyl (C=O) groups excluding carboxylic acids is 1. The van der Waals surface area contributed by atoms with Crippen LogP contribution in [0.25, 0.3) is 11.0 Å². The molecule has 0 atom stereocenters. The molecule has 2 rings (SSSR count). The van der Waals surface area contributed by atoms with Crippen molar-refractivity contribution in [2.75, 3.05) is 5.32 Å². The summed E-state index contributed by atoms with van der Waals surface area (Å²) in [6.45, 7) is 12.0. The van der Waals surface area contributed by atoms with Gasteiger partial charge in [-0.05, 0) is 20.8 Å². The second kappa shape index (κ2) is 5.46. The minimum Gasteiger partial charge on any atom is -0.310 e. The van der Waals surface area contributed by atoms with E-state index in [2.05, 4.69) is 41.2 Å². The van der Waals surface area contributed by atoms with Crippen molar-refractivity contribution in [3.63, 3.8) is 0 Å². The molecule has 0 saturated carbocycles. The van der Waals surface area contributed by atoms with Gasteiger partial charge in [-0.1, -0.05) is 20.7 Å². The van der Waals surface area contributed by atoms with Crippen LogP contribution in [0.15, 0.2) is 6.33 Å². The number of hydrogen-bond acceptors (Lipinski definition) is 4. The highest BCUT2D eigenvalue weighted by Crippen LogP contribution is 2.23. The van der Waals surface area contributed by atoms with Crippen molar-refractivity contribution in [2.24, 2.45) is 5.92 Å². The van der Waals surface area contributed by atoms with Gasteiger partial charge in [-0.2, -0.15) is 5.10 Å². The number of hydrogen-bond donors (Lipinski definition) is 1. The Balaban J connectivity index is 2.63. The molecular formula is C14H22BN5O. The van der Waals surface area contributed by atoms with Crippen LogP contribution in [-0.2, 0) is 10.3 Å². The highest BCUT2D eigenvalue weighted by molar-refractivity contribution is 6.55. The number of rotatable bonds is 3. The van der Waals surface area contributed by atoms with E-state index in [4.69, 9.17) is 0 Å². The van der Waals surface area contributed by atoms with Crippen LogP contribution >= 0.6 is 0 Å². The molecule has 0 aliphatic heterocycles. The zero-order valence-corrected chi connectivity index (χ0v) is 13.6. The normalized spacial score (nSPS) is 12.0. The van der Waals surface area contributed by atoms with E-state index in [1.807, 2.05) is 25.4 Å². The smallest absolute Gasteiger partial charge is 0.228 e. The van der Waals surface area contributed by atoms with Crippen LogP contribution in [0.1, 0.15) is 34.6 Å². The van der Waals surface area contributed by atoms with E-state index >= 15 is 0 Å². The fraction of sp³-hybridized carbons (Fsp3) is 0.571. The van der Waals surface area contributed by atoms with Crippen LogP contribution in [0.4, 0.5) is 5.82 Å². The molecule has 1 amide bonds. The predicted octanol–water partition coefficient (Wildman–Crippen LogP) is 1.29. The lowest BCUT2D eigenvalue weighted by atomic mass is 9.76. The van der Waals surface area contributed by atoms with Crippen LogP contribution < -0.4 is 10.9 Å². The van der Waals surface area contributed by atoms with Gasteiger partial charge in [0.15, 0.2) is 12.9 Å². The van der Waals surface area contributed by atoms with E-state index in [9.17, 15) is 4.79 Å². The average molecular weight is 287 g/mol. The summed E-state index contributed by atoms with van der Waals surface area (Å²) < 4.78 is 1.90. The second-order valence-electron chi connectivity index (χ2n) is 6.45. The maximum absolute atomic E-state index is 12.0. The van der Waals surface area contributed by atoms with Crippen LogP contribution in [0.2, 0.25) is 6.82 Å². The maximum Gasteiger partial charge on any atom is 0.228 e. The van der Waals surface area contributed by atoms with Gasteiger partial charge in [0.25, 0.3) is 0 Å². The molecule has 0 aromatic carbocycles. The van der Waals surface area contributed by atoms with Gasteiger partial charge >= 0.3 is 0 Å². The standard InChI is InChI=1S/C14H22BN5O/c1-8(2)13(21)18-11-9-10(15-6)19-20(14(3,4)5)12(9)17-7-16-11/h7-8,15H,1-6H3,(H,16,17,18,21). The van der Waals surface area contributed by atoms with Crippen molar-refractivity contribution >= 4 is 35.6 Å². The van der Waals surface area contributed by atoms with Crippen molar-refractivity contribution in [1.82, 2.24) is 19.7 Å². The summed E-state index contributed by atoms with van der Waals surface area (Å²) in [5.41, 5.74) is 1.48. The number of carbonyl (C=O) groups is 1. The van der Waals surface area contributed by atoms with Crippen molar-refractivity contribution in [3.8, 4) is 0 Å². The molecule has 0 unspecified atom stereocenters. The molecule has 0 saturated heterocycles. The van der Waals surface area contributed by atoms with Crippen LogP contribution in [0.5, 0.6) is 0 Å². The third-order valence-electron chi connectivity index (χ3n) is 3.27. The van der Waals surface area contributed by atoms with Gasteiger partial charge in [-0.3, -0.25) is 4.79 Å². The molecular weight excluding hydrogens is 265 g/mol. The molecule has 7 heteroatoms. The summed E-state index contributed by atoms with van der Waals surface area (Å²) in [5.74, 6) is 0.393. The SMILES string of the molecule is CBc1nn(C(C)(C)C)c2ncnc(NC(=O)C(C)C)c12. The van der Waals surface area contributed by atoms with E-state index < -0.39 is 0 Å². The fourth-order valence-electron chi connectivity index (χ4n) is 2.09. The average Bonchev–Trinajstić information content (AvgIpc) is 2.78.